The Morgan fingerprint density at radius 3 is 2.31 bits per heavy atom. The van der Waals surface area contributed by atoms with Crippen LogP contribution in [0.1, 0.15) is 28.6 Å². The van der Waals surface area contributed by atoms with Crippen LogP contribution in [0.15, 0.2) is 60.7 Å². The maximum atomic E-state index is 13.7. The van der Waals surface area contributed by atoms with E-state index in [0.717, 1.165) is 10.4 Å². The van der Waals surface area contributed by atoms with E-state index in [2.05, 4.69) is 5.32 Å². The van der Waals surface area contributed by atoms with Crippen molar-refractivity contribution in [3.63, 3.8) is 0 Å². The summed E-state index contributed by atoms with van der Waals surface area (Å²) >= 11 is 1.29. The number of halogens is 2. The Bertz CT molecular complexity index is 902. The van der Waals surface area contributed by atoms with Crippen molar-refractivity contribution in [3.8, 4) is 16.2 Å². The molecule has 0 saturated heterocycles. The number of carbonyl (C=O) groups is 1. The number of alkyl halides is 2. The van der Waals surface area contributed by atoms with Crippen LogP contribution in [0.3, 0.4) is 0 Å². The van der Waals surface area contributed by atoms with Gasteiger partial charge in [-0.3, -0.25) is 4.79 Å². The molecule has 6 heteroatoms. The molecule has 2 aromatic carbocycles. The minimum atomic E-state index is -2.83. The van der Waals surface area contributed by atoms with Crippen molar-refractivity contribution < 1.29 is 18.7 Å². The summed E-state index contributed by atoms with van der Waals surface area (Å²) in [6.45, 7) is 1.45. The van der Waals surface area contributed by atoms with Gasteiger partial charge < -0.3 is 10.4 Å². The first kappa shape index (κ1) is 18.1. The Morgan fingerprint density at radius 1 is 1.04 bits per heavy atom. The third-order valence-electron chi connectivity index (χ3n) is 3.99. The molecule has 0 radical (unpaired) electrons. The first-order valence-corrected chi connectivity index (χ1v) is 8.89. The largest absolute Gasteiger partial charge is 0.508 e. The Balaban J connectivity index is 1.75. The van der Waals surface area contributed by atoms with Crippen LogP contribution < -0.4 is 5.32 Å². The van der Waals surface area contributed by atoms with E-state index in [-0.39, 0.29) is 23.6 Å². The zero-order chi connectivity index (χ0) is 18.7. The van der Waals surface area contributed by atoms with Gasteiger partial charge in [-0.15, -0.1) is 11.3 Å². The van der Waals surface area contributed by atoms with E-state index >= 15 is 0 Å². The molecule has 3 aromatic rings. The molecule has 1 amide bonds. The van der Waals surface area contributed by atoms with E-state index in [1.54, 1.807) is 36.4 Å². The maximum Gasteiger partial charge on any atom is 0.273 e. The fourth-order valence-electron chi connectivity index (χ4n) is 2.43. The van der Waals surface area contributed by atoms with Crippen molar-refractivity contribution in [2.45, 2.75) is 19.3 Å². The summed E-state index contributed by atoms with van der Waals surface area (Å²) < 4.78 is 27.4. The van der Waals surface area contributed by atoms with Crippen molar-refractivity contribution in [1.29, 1.82) is 0 Å². The third-order valence-corrected chi connectivity index (χ3v) is 5.12. The van der Waals surface area contributed by atoms with Gasteiger partial charge in [0.1, 0.15) is 5.75 Å². The minimum Gasteiger partial charge on any atom is -0.508 e. The summed E-state index contributed by atoms with van der Waals surface area (Å²) in [5, 5.41) is 12.0. The van der Waals surface area contributed by atoms with E-state index < -0.39 is 5.92 Å². The van der Waals surface area contributed by atoms with Crippen LogP contribution in [0.25, 0.3) is 10.4 Å². The molecule has 134 valence electrons. The lowest BCUT2D eigenvalue weighted by Crippen LogP contribution is -2.10. The first-order chi connectivity index (χ1) is 12.4. The molecule has 3 nitrogen and oxygen atoms in total. The van der Waals surface area contributed by atoms with E-state index in [1.807, 2.05) is 0 Å². The SMILES string of the molecule is CCC(F)(F)c1ccc(-c2ccc(C(=O)Nc3ccc(O)cc3)s2)cc1. The highest BCUT2D eigenvalue weighted by molar-refractivity contribution is 7.17. The van der Waals surface area contributed by atoms with Gasteiger partial charge in [0.15, 0.2) is 0 Å². The number of rotatable bonds is 5. The molecule has 0 aliphatic carbocycles. The highest BCUT2D eigenvalue weighted by Gasteiger charge is 2.28. The van der Waals surface area contributed by atoms with Crippen molar-refractivity contribution in [2.24, 2.45) is 0 Å². The van der Waals surface area contributed by atoms with Crippen LogP contribution in [-0.4, -0.2) is 11.0 Å². The van der Waals surface area contributed by atoms with Gasteiger partial charge in [-0.05, 0) is 42.0 Å². The lowest BCUT2D eigenvalue weighted by atomic mass is 10.0. The topological polar surface area (TPSA) is 49.3 Å². The van der Waals surface area contributed by atoms with Crippen molar-refractivity contribution >= 4 is 22.9 Å². The molecule has 1 aromatic heterocycles. The predicted octanol–water partition coefficient (Wildman–Crippen LogP) is 5.87. The Hall–Kier alpha value is -2.73. The lowest BCUT2D eigenvalue weighted by Gasteiger charge is -2.14. The van der Waals surface area contributed by atoms with E-state index in [4.69, 9.17) is 0 Å². The fraction of sp³-hybridized carbons (Fsp3) is 0.150. The Kier molecular flexibility index (Phi) is 5.04. The van der Waals surface area contributed by atoms with Gasteiger partial charge in [0.2, 0.25) is 0 Å². The average molecular weight is 373 g/mol. The van der Waals surface area contributed by atoms with E-state index in [9.17, 15) is 18.7 Å². The Morgan fingerprint density at radius 2 is 1.69 bits per heavy atom. The highest BCUT2D eigenvalue weighted by atomic mass is 32.1. The fourth-order valence-corrected chi connectivity index (χ4v) is 3.34. The zero-order valence-corrected chi connectivity index (χ0v) is 14.8. The number of nitrogens with one attached hydrogen (secondary N) is 1. The average Bonchev–Trinajstić information content (AvgIpc) is 3.14. The maximum absolute atomic E-state index is 13.7. The lowest BCUT2D eigenvalue weighted by molar-refractivity contribution is -0.00827. The molecular formula is C20H17F2NO2S. The number of thiophene rings is 1. The van der Waals surface area contributed by atoms with Gasteiger partial charge in [-0.1, -0.05) is 31.2 Å². The number of phenolic OH excluding ortho intramolecular Hbond substituents is 1. The summed E-state index contributed by atoms with van der Waals surface area (Å²) in [5.74, 6) is -2.97. The van der Waals surface area contributed by atoms with Crippen LogP contribution in [0, 0.1) is 0 Å². The minimum absolute atomic E-state index is 0.00870. The number of hydrogen-bond acceptors (Lipinski definition) is 3. The molecule has 0 fully saturated rings. The van der Waals surface area contributed by atoms with E-state index in [0.29, 0.717) is 10.6 Å². The summed E-state index contributed by atoms with van der Waals surface area (Å²) in [7, 11) is 0. The zero-order valence-electron chi connectivity index (χ0n) is 14.0. The second-order valence-electron chi connectivity index (χ2n) is 5.80. The molecular weight excluding hydrogens is 356 g/mol. The van der Waals surface area contributed by atoms with Crippen LogP contribution in [0.5, 0.6) is 5.75 Å². The van der Waals surface area contributed by atoms with Crippen molar-refractivity contribution in [3.05, 3.63) is 71.1 Å². The highest BCUT2D eigenvalue weighted by Crippen LogP contribution is 2.34. The smallest absolute Gasteiger partial charge is 0.273 e. The molecule has 2 N–H and O–H groups in total. The molecule has 0 atom stereocenters. The number of phenols is 1. The van der Waals surface area contributed by atoms with E-state index in [1.165, 1.54) is 42.5 Å². The second kappa shape index (κ2) is 7.25. The van der Waals surface area contributed by atoms with Gasteiger partial charge >= 0.3 is 0 Å². The number of benzene rings is 2. The van der Waals surface area contributed by atoms with Crippen molar-refractivity contribution in [2.75, 3.05) is 5.32 Å². The number of aromatic hydroxyl groups is 1. The summed E-state index contributed by atoms with van der Waals surface area (Å²) in [6, 6.07) is 15.8. The van der Waals surface area contributed by atoms with Crippen LogP contribution in [-0.2, 0) is 5.92 Å². The second-order valence-corrected chi connectivity index (χ2v) is 6.88. The number of carbonyl (C=O) groups excluding carboxylic acids is 1. The van der Waals surface area contributed by atoms with Crippen LogP contribution in [0.2, 0.25) is 0 Å². The molecule has 26 heavy (non-hydrogen) atoms. The quantitative estimate of drug-likeness (QED) is 0.549. The summed E-state index contributed by atoms with van der Waals surface area (Å²) in [6.07, 6.45) is -0.243. The molecule has 0 saturated carbocycles. The Labute approximate surface area is 153 Å². The van der Waals surface area contributed by atoms with Crippen LogP contribution in [0.4, 0.5) is 14.5 Å². The number of amides is 1. The summed E-state index contributed by atoms with van der Waals surface area (Å²) in [5.41, 5.74) is 1.36. The predicted molar refractivity (Wildman–Crippen MR) is 100 cm³/mol. The molecule has 3 rings (SSSR count). The van der Waals surface area contributed by atoms with Gasteiger partial charge in [0.25, 0.3) is 11.8 Å². The van der Waals surface area contributed by atoms with Gasteiger partial charge in [0, 0.05) is 22.5 Å². The molecule has 1 heterocycles. The molecule has 0 bridgehead atoms. The monoisotopic (exact) mass is 373 g/mol. The normalized spacial score (nSPS) is 11.3. The van der Waals surface area contributed by atoms with Gasteiger partial charge in [0.05, 0.1) is 4.88 Å². The molecule has 0 unspecified atom stereocenters. The van der Waals surface area contributed by atoms with Gasteiger partial charge in [-0.2, -0.15) is 0 Å². The molecule has 0 aliphatic rings. The standard InChI is InChI=1S/C20H17F2NO2S/c1-2-20(21,22)14-5-3-13(4-6-14)17-11-12-18(26-17)19(25)23-15-7-9-16(24)10-8-15/h3-12,24H,2H2,1H3,(H,23,25). The van der Waals surface area contributed by atoms with Crippen molar-refractivity contribution in [1.82, 2.24) is 0 Å². The van der Waals surface area contributed by atoms with Gasteiger partial charge in [-0.25, -0.2) is 8.78 Å². The molecule has 0 aliphatic heterocycles. The van der Waals surface area contributed by atoms with Crippen LogP contribution >= 0.6 is 11.3 Å². The first-order valence-electron chi connectivity index (χ1n) is 8.08. The number of hydrogen-bond donors (Lipinski definition) is 2. The number of anilines is 1. The third kappa shape index (κ3) is 3.91. The summed E-state index contributed by atoms with van der Waals surface area (Å²) in [4.78, 5) is 13.6. The molecule has 0 spiro atoms.